The van der Waals surface area contributed by atoms with Crippen molar-refractivity contribution in [1.29, 1.82) is 0 Å². The van der Waals surface area contributed by atoms with Crippen LogP contribution in [-0.4, -0.2) is 33.0 Å². The van der Waals surface area contributed by atoms with Crippen LogP contribution in [0.4, 0.5) is 5.69 Å². The second kappa shape index (κ2) is 4.34. The quantitative estimate of drug-likeness (QED) is 0.829. The number of rotatable bonds is 3. The first-order valence-electron chi connectivity index (χ1n) is 5.35. The SMILES string of the molecule is CON(C)S(=O)(=O)c1ccc2c(c1)[C@H](C)C(=O)N2. The summed E-state index contributed by atoms with van der Waals surface area (Å²) in [7, 11) is -1.09. The standard InChI is InChI=1S/C11H14N2O4S/c1-7-9-6-8(18(15,16)13(2)17-3)4-5-10(9)12-11(7)14/h4-7H,1-3H3,(H,12,14)/t7-/m0/s1. The topological polar surface area (TPSA) is 75.7 Å². The highest BCUT2D eigenvalue weighted by molar-refractivity contribution is 7.89. The predicted octanol–water partition coefficient (Wildman–Crippen LogP) is 0.924. The highest BCUT2D eigenvalue weighted by Crippen LogP contribution is 2.34. The summed E-state index contributed by atoms with van der Waals surface area (Å²) in [4.78, 5) is 16.3. The maximum atomic E-state index is 12.0. The third kappa shape index (κ3) is 1.90. The molecular weight excluding hydrogens is 256 g/mol. The zero-order chi connectivity index (χ0) is 13.5. The lowest BCUT2D eigenvalue weighted by molar-refractivity contribution is -0.116. The molecular formula is C11H14N2O4S. The molecule has 0 spiro atoms. The van der Waals surface area contributed by atoms with E-state index in [9.17, 15) is 13.2 Å². The van der Waals surface area contributed by atoms with Crippen molar-refractivity contribution < 1.29 is 18.0 Å². The van der Waals surface area contributed by atoms with Gasteiger partial charge < -0.3 is 5.32 Å². The van der Waals surface area contributed by atoms with Gasteiger partial charge in [-0.05, 0) is 30.7 Å². The van der Waals surface area contributed by atoms with E-state index < -0.39 is 10.0 Å². The van der Waals surface area contributed by atoms with Crippen LogP contribution >= 0.6 is 0 Å². The molecule has 0 bridgehead atoms. The maximum absolute atomic E-state index is 12.0. The normalized spacial score (nSPS) is 18.9. The molecule has 1 amide bonds. The van der Waals surface area contributed by atoms with Crippen molar-refractivity contribution >= 4 is 21.6 Å². The Hall–Kier alpha value is -1.44. The minimum Gasteiger partial charge on any atom is -0.325 e. The zero-order valence-electron chi connectivity index (χ0n) is 10.3. The molecule has 1 aliphatic rings. The molecule has 0 fully saturated rings. The molecule has 7 heteroatoms. The summed E-state index contributed by atoms with van der Waals surface area (Å²) in [6.45, 7) is 1.73. The van der Waals surface area contributed by atoms with Crippen LogP contribution in [0.25, 0.3) is 0 Å². The van der Waals surface area contributed by atoms with E-state index in [-0.39, 0.29) is 16.7 Å². The molecule has 0 saturated carbocycles. The van der Waals surface area contributed by atoms with Gasteiger partial charge >= 0.3 is 0 Å². The lowest BCUT2D eigenvalue weighted by Crippen LogP contribution is -2.25. The lowest BCUT2D eigenvalue weighted by atomic mass is 10.0. The van der Waals surface area contributed by atoms with Crippen molar-refractivity contribution in [2.24, 2.45) is 0 Å². The summed E-state index contributed by atoms with van der Waals surface area (Å²) >= 11 is 0. The smallest absolute Gasteiger partial charge is 0.264 e. The largest absolute Gasteiger partial charge is 0.325 e. The van der Waals surface area contributed by atoms with Gasteiger partial charge in [0.2, 0.25) is 5.91 Å². The molecule has 98 valence electrons. The summed E-state index contributed by atoms with van der Waals surface area (Å²) in [6.07, 6.45) is 0. The van der Waals surface area contributed by atoms with Gasteiger partial charge in [-0.15, -0.1) is 0 Å². The second-order valence-corrected chi connectivity index (χ2v) is 5.99. The van der Waals surface area contributed by atoms with Crippen molar-refractivity contribution in [1.82, 2.24) is 4.47 Å². The van der Waals surface area contributed by atoms with E-state index in [4.69, 9.17) is 4.84 Å². The lowest BCUT2D eigenvalue weighted by Gasteiger charge is -2.14. The number of nitrogens with one attached hydrogen (secondary N) is 1. The van der Waals surface area contributed by atoms with Crippen LogP contribution in [0.2, 0.25) is 0 Å². The van der Waals surface area contributed by atoms with E-state index >= 15 is 0 Å². The molecule has 1 aromatic rings. The van der Waals surface area contributed by atoms with Crippen LogP contribution in [0.1, 0.15) is 18.4 Å². The molecule has 0 aliphatic carbocycles. The number of fused-ring (bicyclic) bond motifs is 1. The van der Waals surface area contributed by atoms with Crippen molar-refractivity contribution in [3.05, 3.63) is 23.8 Å². The number of benzene rings is 1. The van der Waals surface area contributed by atoms with E-state index in [1.165, 1.54) is 26.3 Å². The van der Waals surface area contributed by atoms with Gasteiger partial charge in [0, 0.05) is 12.7 Å². The monoisotopic (exact) mass is 270 g/mol. The molecule has 0 aromatic heterocycles. The Bertz CT molecular complexity index is 597. The van der Waals surface area contributed by atoms with Crippen molar-refractivity contribution in [2.45, 2.75) is 17.7 Å². The minimum atomic E-state index is -3.68. The van der Waals surface area contributed by atoms with E-state index in [0.29, 0.717) is 11.3 Å². The highest BCUT2D eigenvalue weighted by atomic mass is 32.2. The van der Waals surface area contributed by atoms with Gasteiger partial charge in [0.05, 0.1) is 17.9 Å². The molecule has 1 aliphatic heterocycles. The van der Waals surface area contributed by atoms with Gasteiger partial charge in [0.25, 0.3) is 10.0 Å². The maximum Gasteiger partial charge on any atom is 0.264 e. The van der Waals surface area contributed by atoms with Crippen LogP contribution in [-0.2, 0) is 19.7 Å². The number of hydroxylamine groups is 1. The minimum absolute atomic E-state index is 0.106. The average Bonchev–Trinajstić information content (AvgIpc) is 2.63. The Morgan fingerprint density at radius 1 is 1.39 bits per heavy atom. The van der Waals surface area contributed by atoms with E-state index in [0.717, 1.165) is 4.47 Å². The third-order valence-corrected chi connectivity index (χ3v) is 4.71. The fraction of sp³-hybridized carbons (Fsp3) is 0.364. The van der Waals surface area contributed by atoms with E-state index in [1.807, 2.05) is 0 Å². The number of hydrogen-bond acceptors (Lipinski definition) is 4. The molecule has 1 N–H and O–H groups in total. The molecule has 0 radical (unpaired) electrons. The summed E-state index contributed by atoms with van der Waals surface area (Å²) < 4.78 is 24.9. The van der Waals surface area contributed by atoms with Crippen LogP contribution in [0, 0.1) is 0 Å². The van der Waals surface area contributed by atoms with Gasteiger partial charge in [-0.2, -0.15) is 0 Å². The van der Waals surface area contributed by atoms with E-state index in [2.05, 4.69) is 5.32 Å². The van der Waals surface area contributed by atoms with Crippen LogP contribution < -0.4 is 5.32 Å². The second-order valence-electron chi connectivity index (χ2n) is 4.06. The molecule has 6 nitrogen and oxygen atoms in total. The molecule has 1 aromatic carbocycles. The Kier molecular flexibility index (Phi) is 3.14. The van der Waals surface area contributed by atoms with Gasteiger partial charge in [-0.25, -0.2) is 8.42 Å². The molecule has 0 saturated heterocycles. The van der Waals surface area contributed by atoms with Crippen molar-refractivity contribution in [3.63, 3.8) is 0 Å². The Morgan fingerprint density at radius 3 is 2.67 bits per heavy atom. The van der Waals surface area contributed by atoms with E-state index in [1.54, 1.807) is 13.0 Å². The number of hydrogen-bond donors (Lipinski definition) is 1. The van der Waals surface area contributed by atoms with Crippen molar-refractivity contribution in [2.75, 3.05) is 19.5 Å². The number of nitrogens with zero attached hydrogens (tertiary/aromatic N) is 1. The summed E-state index contributed by atoms with van der Waals surface area (Å²) in [5, 5.41) is 2.69. The molecule has 18 heavy (non-hydrogen) atoms. The Labute approximate surface area is 106 Å². The highest BCUT2D eigenvalue weighted by Gasteiger charge is 2.29. The summed E-state index contributed by atoms with van der Waals surface area (Å²) in [5.74, 6) is -0.470. The molecule has 1 atom stereocenters. The van der Waals surface area contributed by atoms with Crippen molar-refractivity contribution in [3.8, 4) is 0 Å². The third-order valence-electron chi connectivity index (χ3n) is 3.03. The predicted molar refractivity (Wildman–Crippen MR) is 65.4 cm³/mol. The van der Waals surface area contributed by atoms with Gasteiger partial charge in [0.1, 0.15) is 0 Å². The number of carbonyl (C=O) groups is 1. The van der Waals surface area contributed by atoms with Gasteiger partial charge in [0.15, 0.2) is 0 Å². The van der Waals surface area contributed by atoms with Crippen LogP contribution in [0.5, 0.6) is 0 Å². The number of amides is 1. The van der Waals surface area contributed by atoms with Crippen LogP contribution in [0.3, 0.4) is 0 Å². The number of carbonyl (C=O) groups excluding carboxylic acids is 1. The summed E-state index contributed by atoms with van der Waals surface area (Å²) in [6, 6.07) is 4.54. The van der Waals surface area contributed by atoms with Gasteiger partial charge in [-0.3, -0.25) is 9.63 Å². The van der Waals surface area contributed by atoms with Crippen LogP contribution in [0.15, 0.2) is 23.1 Å². The average molecular weight is 270 g/mol. The first-order valence-corrected chi connectivity index (χ1v) is 6.79. The zero-order valence-corrected chi connectivity index (χ0v) is 11.1. The Morgan fingerprint density at radius 2 is 2.06 bits per heavy atom. The molecule has 1 heterocycles. The number of sulfonamides is 1. The summed E-state index contributed by atoms with van der Waals surface area (Å²) in [5.41, 5.74) is 1.34. The fourth-order valence-electron chi connectivity index (χ4n) is 1.80. The Balaban J connectivity index is 2.49. The number of anilines is 1. The van der Waals surface area contributed by atoms with Gasteiger partial charge in [-0.1, -0.05) is 4.47 Å². The molecule has 0 unspecified atom stereocenters. The fourth-order valence-corrected chi connectivity index (χ4v) is 2.81. The first-order chi connectivity index (χ1) is 8.37. The first kappa shape index (κ1) is 13.0. The molecule has 2 rings (SSSR count).